The number of nitrogens with two attached hydrogens (primary N) is 1. The van der Waals surface area contributed by atoms with Crippen LogP contribution in [0.3, 0.4) is 0 Å². The molecule has 0 aliphatic heterocycles. The average molecular weight is 265 g/mol. The van der Waals surface area contributed by atoms with Gasteiger partial charge in [-0.15, -0.1) is 0 Å². The topological polar surface area (TPSA) is 61.6 Å². The fraction of sp³-hybridized carbons (Fsp3) is 0.533. The second-order valence-corrected chi connectivity index (χ2v) is 5.61. The monoisotopic (exact) mass is 265 g/mol. The number of esters is 1. The largest absolute Gasteiger partial charge is 0.460 e. The van der Waals surface area contributed by atoms with Crippen LogP contribution in [0.1, 0.15) is 42.3 Å². The first-order chi connectivity index (χ1) is 8.70. The number of nitrogen functional groups attached to an aromatic ring is 1. The first kappa shape index (κ1) is 15.5. The molecule has 0 heterocycles. The van der Waals surface area contributed by atoms with Crippen LogP contribution in [0.25, 0.3) is 0 Å². The molecule has 4 heteroatoms. The second kappa shape index (κ2) is 6.06. The zero-order chi connectivity index (χ0) is 14.6. The Balaban J connectivity index is 2.60. The van der Waals surface area contributed by atoms with Gasteiger partial charge in [-0.05, 0) is 57.9 Å². The molecule has 0 saturated carbocycles. The van der Waals surface area contributed by atoms with Gasteiger partial charge in [0.15, 0.2) is 0 Å². The number of carbonyl (C=O) groups excluding carboxylic acids is 1. The van der Waals surface area contributed by atoms with Crippen LogP contribution >= 0.6 is 0 Å². The average Bonchev–Trinajstić information content (AvgIpc) is 2.27. The lowest BCUT2D eigenvalue weighted by Crippen LogP contribution is -2.22. The number of carbonyl (C=O) groups is 1. The third kappa shape index (κ3) is 4.91. The molecule has 1 aromatic carbocycles. The van der Waals surface area contributed by atoms with Gasteiger partial charge in [-0.1, -0.05) is 0 Å². The van der Waals surface area contributed by atoms with Crippen molar-refractivity contribution in [3.05, 3.63) is 28.8 Å². The van der Waals surface area contributed by atoms with E-state index in [-0.39, 0.29) is 18.2 Å². The minimum Gasteiger partial charge on any atom is -0.460 e. The molecule has 0 fully saturated rings. The van der Waals surface area contributed by atoms with Crippen LogP contribution in [0.4, 0.5) is 5.69 Å². The highest BCUT2D eigenvalue weighted by Gasteiger charge is 2.14. The molecule has 2 N–H and O–H groups in total. The van der Waals surface area contributed by atoms with Crippen LogP contribution in [0.5, 0.6) is 0 Å². The number of hydrogen-bond donors (Lipinski definition) is 1. The zero-order valence-corrected chi connectivity index (χ0v) is 12.4. The van der Waals surface area contributed by atoms with E-state index in [4.69, 9.17) is 15.2 Å². The lowest BCUT2D eigenvalue weighted by atomic mass is 10.0. The minimum absolute atomic E-state index is 0.226. The van der Waals surface area contributed by atoms with E-state index in [1.165, 1.54) is 0 Å². The molecule has 0 atom stereocenters. The van der Waals surface area contributed by atoms with E-state index in [1.807, 2.05) is 40.7 Å². The molecular weight excluding hydrogens is 242 g/mol. The van der Waals surface area contributed by atoms with Crippen LogP contribution in [0.2, 0.25) is 0 Å². The van der Waals surface area contributed by atoms with Gasteiger partial charge >= 0.3 is 5.97 Å². The first-order valence-electron chi connectivity index (χ1n) is 6.38. The van der Waals surface area contributed by atoms with Gasteiger partial charge in [0.25, 0.3) is 0 Å². The Bertz CT molecular complexity index is 461. The molecule has 19 heavy (non-hydrogen) atoms. The standard InChI is InChI=1S/C15H23NO3/c1-10-8-12(16)9-13(11(10)2)14(17)18-6-7-19-15(3,4)5/h8-9H,6-7,16H2,1-5H3. The van der Waals surface area contributed by atoms with E-state index in [0.29, 0.717) is 17.9 Å². The molecule has 0 aliphatic rings. The van der Waals surface area contributed by atoms with E-state index >= 15 is 0 Å². The van der Waals surface area contributed by atoms with Gasteiger partial charge in [0.2, 0.25) is 0 Å². The molecule has 0 spiro atoms. The fourth-order valence-electron chi connectivity index (χ4n) is 1.66. The predicted molar refractivity (Wildman–Crippen MR) is 76.3 cm³/mol. The van der Waals surface area contributed by atoms with Gasteiger partial charge in [-0.3, -0.25) is 0 Å². The van der Waals surface area contributed by atoms with Gasteiger partial charge in [0, 0.05) is 5.69 Å². The molecule has 0 aromatic heterocycles. The number of ether oxygens (including phenoxy) is 2. The van der Waals surface area contributed by atoms with Crippen molar-refractivity contribution in [3.63, 3.8) is 0 Å². The highest BCUT2D eigenvalue weighted by Crippen LogP contribution is 2.18. The van der Waals surface area contributed by atoms with E-state index in [9.17, 15) is 4.79 Å². The third-order valence-corrected chi connectivity index (χ3v) is 2.76. The number of hydrogen-bond acceptors (Lipinski definition) is 4. The number of anilines is 1. The molecule has 0 aliphatic carbocycles. The van der Waals surface area contributed by atoms with Crippen molar-refractivity contribution in [1.29, 1.82) is 0 Å². The summed E-state index contributed by atoms with van der Waals surface area (Å²) in [7, 11) is 0. The van der Waals surface area contributed by atoms with Crippen molar-refractivity contribution >= 4 is 11.7 Å². The smallest absolute Gasteiger partial charge is 0.338 e. The van der Waals surface area contributed by atoms with Crippen LogP contribution in [-0.2, 0) is 9.47 Å². The van der Waals surface area contributed by atoms with Crippen LogP contribution in [0.15, 0.2) is 12.1 Å². The van der Waals surface area contributed by atoms with E-state index in [1.54, 1.807) is 6.07 Å². The quantitative estimate of drug-likeness (QED) is 0.516. The van der Waals surface area contributed by atoms with Gasteiger partial charge in [-0.25, -0.2) is 4.79 Å². The predicted octanol–water partition coefficient (Wildman–Crippen LogP) is 2.86. The van der Waals surface area contributed by atoms with E-state index in [0.717, 1.165) is 11.1 Å². The summed E-state index contributed by atoms with van der Waals surface area (Å²) in [6, 6.07) is 3.49. The minimum atomic E-state index is -0.356. The first-order valence-corrected chi connectivity index (χ1v) is 6.38. The summed E-state index contributed by atoms with van der Waals surface area (Å²) < 4.78 is 10.7. The molecular formula is C15H23NO3. The van der Waals surface area contributed by atoms with Gasteiger partial charge in [0.05, 0.1) is 17.8 Å². The Morgan fingerprint density at radius 3 is 2.42 bits per heavy atom. The van der Waals surface area contributed by atoms with Gasteiger partial charge in [0.1, 0.15) is 6.61 Å². The maximum absolute atomic E-state index is 12.0. The van der Waals surface area contributed by atoms with Gasteiger partial charge in [-0.2, -0.15) is 0 Å². The molecule has 1 aromatic rings. The van der Waals surface area contributed by atoms with Crippen molar-refractivity contribution in [2.75, 3.05) is 18.9 Å². The summed E-state index contributed by atoms with van der Waals surface area (Å²) in [5.41, 5.74) is 8.49. The molecule has 0 radical (unpaired) electrons. The highest BCUT2D eigenvalue weighted by atomic mass is 16.6. The number of rotatable bonds is 4. The Kier molecular flexibility index (Phi) is 4.95. The molecule has 0 saturated heterocycles. The van der Waals surface area contributed by atoms with Crippen LogP contribution < -0.4 is 5.73 Å². The Morgan fingerprint density at radius 1 is 1.21 bits per heavy atom. The second-order valence-electron chi connectivity index (χ2n) is 5.61. The molecule has 4 nitrogen and oxygen atoms in total. The van der Waals surface area contributed by atoms with Crippen molar-refractivity contribution in [1.82, 2.24) is 0 Å². The third-order valence-electron chi connectivity index (χ3n) is 2.76. The molecule has 0 unspecified atom stereocenters. The normalized spacial score (nSPS) is 11.4. The maximum atomic E-state index is 12.0. The molecule has 1 rings (SSSR count). The highest BCUT2D eigenvalue weighted by molar-refractivity contribution is 5.92. The summed E-state index contributed by atoms with van der Waals surface area (Å²) in [5, 5.41) is 0. The summed E-state index contributed by atoms with van der Waals surface area (Å²) >= 11 is 0. The molecule has 0 amide bonds. The maximum Gasteiger partial charge on any atom is 0.338 e. The summed E-state index contributed by atoms with van der Waals surface area (Å²) in [4.78, 5) is 12.0. The Labute approximate surface area is 114 Å². The molecule has 106 valence electrons. The Hall–Kier alpha value is -1.55. The van der Waals surface area contributed by atoms with Crippen molar-refractivity contribution in [2.45, 2.75) is 40.2 Å². The zero-order valence-electron chi connectivity index (χ0n) is 12.4. The number of benzene rings is 1. The Morgan fingerprint density at radius 2 is 1.84 bits per heavy atom. The van der Waals surface area contributed by atoms with Gasteiger partial charge < -0.3 is 15.2 Å². The van der Waals surface area contributed by atoms with Crippen molar-refractivity contribution in [2.24, 2.45) is 0 Å². The lowest BCUT2D eigenvalue weighted by molar-refractivity contribution is -0.0281. The van der Waals surface area contributed by atoms with Crippen molar-refractivity contribution in [3.8, 4) is 0 Å². The lowest BCUT2D eigenvalue weighted by Gasteiger charge is -2.19. The summed E-state index contributed by atoms with van der Waals surface area (Å²) in [5.74, 6) is -0.356. The number of aryl methyl sites for hydroxylation is 1. The van der Waals surface area contributed by atoms with E-state index < -0.39 is 0 Å². The SMILES string of the molecule is Cc1cc(N)cc(C(=O)OCCOC(C)(C)C)c1C. The van der Waals surface area contributed by atoms with Crippen LogP contribution in [-0.4, -0.2) is 24.8 Å². The van der Waals surface area contributed by atoms with Crippen LogP contribution in [0, 0.1) is 13.8 Å². The fourth-order valence-corrected chi connectivity index (χ4v) is 1.66. The van der Waals surface area contributed by atoms with Crippen molar-refractivity contribution < 1.29 is 14.3 Å². The molecule has 0 bridgehead atoms. The summed E-state index contributed by atoms with van der Waals surface area (Å²) in [6.07, 6.45) is 0. The summed E-state index contributed by atoms with van der Waals surface area (Å²) in [6.45, 7) is 10.3. The van der Waals surface area contributed by atoms with E-state index in [2.05, 4.69) is 0 Å².